The van der Waals surface area contributed by atoms with E-state index in [1.54, 1.807) is 11.4 Å². The van der Waals surface area contributed by atoms with Crippen LogP contribution in [0, 0.1) is 0 Å². The number of carbonyl (C=O) groups is 1. The summed E-state index contributed by atoms with van der Waals surface area (Å²) in [5.41, 5.74) is -0.826. The van der Waals surface area contributed by atoms with Crippen molar-refractivity contribution in [1.82, 2.24) is 4.72 Å². The third-order valence-corrected chi connectivity index (χ3v) is 6.11. The van der Waals surface area contributed by atoms with Crippen molar-refractivity contribution in [2.75, 3.05) is 18.0 Å². The summed E-state index contributed by atoms with van der Waals surface area (Å²) in [4.78, 5) is 12.8. The van der Waals surface area contributed by atoms with Gasteiger partial charge in [0, 0.05) is 25.7 Å². The van der Waals surface area contributed by atoms with E-state index in [4.69, 9.17) is 0 Å². The van der Waals surface area contributed by atoms with E-state index < -0.39 is 27.7 Å². The molecule has 1 aromatic heterocycles. The average molecular weight is 392 g/mol. The van der Waals surface area contributed by atoms with Gasteiger partial charge in [0.25, 0.3) is 0 Å². The van der Waals surface area contributed by atoms with Gasteiger partial charge in [0.15, 0.2) is 0 Å². The molecular formula is C15H15F3N2O3S2. The van der Waals surface area contributed by atoms with Gasteiger partial charge in [-0.05, 0) is 29.6 Å². The van der Waals surface area contributed by atoms with Gasteiger partial charge in [0.1, 0.15) is 4.21 Å². The minimum Gasteiger partial charge on any atom is -0.311 e. The van der Waals surface area contributed by atoms with Crippen LogP contribution in [0.5, 0.6) is 0 Å². The van der Waals surface area contributed by atoms with Crippen LogP contribution in [-0.2, 0) is 21.0 Å². The zero-order valence-electron chi connectivity index (χ0n) is 13.1. The highest BCUT2D eigenvalue weighted by Gasteiger charge is 2.31. The van der Waals surface area contributed by atoms with Gasteiger partial charge >= 0.3 is 6.18 Å². The quantitative estimate of drug-likeness (QED) is 0.822. The van der Waals surface area contributed by atoms with Crippen molar-refractivity contribution in [3.05, 3.63) is 47.3 Å². The van der Waals surface area contributed by atoms with Crippen LogP contribution in [0.15, 0.2) is 46.0 Å². The average Bonchev–Trinajstić information content (AvgIpc) is 3.06. The van der Waals surface area contributed by atoms with Crippen molar-refractivity contribution in [3.63, 3.8) is 0 Å². The van der Waals surface area contributed by atoms with Gasteiger partial charge in [-0.15, -0.1) is 11.3 Å². The lowest BCUT2D eigenvalue weighted by atomic mass is 10.2. The van der Waals surface area contributed by atoms with Gasteiger partial charge < -0.3 is 4.90 Å². The zero-order valence-corrected chi connectivity index (χ0v) is 14.7. The van der Waals surface area contributed by atoms with Gasteiger partial charge in [-0.1, -0.05) is 12.1 Å². The number of anilines is 1. The summed E-state index contributed by atoms with van der Waals surface area (Å²) in [7, 11) is -3.70. The number of nitrogens with one attached hydrogen (secondary N) is 1. The summed E-state index contributed by atoms with van der Waals surface area (Å²) in [5.74, 6) is -0.491. The number of amides is 1. The molecule has 1 aromatic carbocycles. The molecule has 0 aliphatic rings. The molecule has 2 aromatic rings. The Bertz CT molecular complexity index is 834. The fraction of sp³-hybridized carbons (Fsp3) is 0.267. The van der Waals surface area contributed by atoms with Crippen molar-refractivity contribution in [2.24, 2.45) is 0 Å². The highest BCUT2D eigenvalue weighted by Crippen LogP contribution is 2.31. The Hall–Kier alpha value is -1.91. The van der Waals surface area contributed by atoms with Crippen molar-refractivity contribution in [2.45, 2.75) is 17.3 Å². The van der Waals surface area contributed by atoms with Gasteiger partial charge in [-0.2, -0.15) is 13.2 Å². The van der Waals surface area contributed by atoms with Crippen molar-refractivity contribution < 1.29 is 26.4 Å². The number of halogens is 3. The first-order valence-corrected chi connectivity index (χ1v) is 9.46. The van der Waals surface area contributed by atoms with Crippen LogP contribution >= 0.6 is 11.3 Å². The predicted molar refractivity (Wildman–Crippen MR) is 89.0 cm³/mol. The maximum Gasteiger partial charge on any atom is 0.416 e. The van der Waals surface area contributed by atoms with Crippen LogP contribution in [0.3, 0.4) is 0 Å². The summed E-state index contributed by atoms with van der Waals surface area (Å²) in [5, 5.41) is 1.61. The fourth-order valence-corrected chi connectivity index (χ4v) is 4.16. The number of carbonyl (C=O) groups excluding carboxylic acids is 1. The Morgan fingerprint density at radius 1 is 1.24 bits per heavy atom. The summed E-state index contributed by atoms with van der Waals surface area (Å²) in [6, 6.07) is 7.34. The maximum atomic E-state index is 12.8. The Morgan fingerprint density at radius 2 is 1.96 bits per heavy atom. The molecular weight excluding hydrogens is 377 g/mol. The number of benzene rings is 1. The topological polar surface area (TPSA) is 66.5 Å². The van der Waals surface area contributed by atoms with E-state index in [1.165, 1.54) is 25.1 Å². The van der Waals surface area contributed by atoms with E-state index in [2.05, 4.69) is 4.72 Å². The van der Waals surface area contributed by atoms with Crippen LogP contribution < -0.4 is 9.62 Å². The number of sulfonamides is 1. The molecule has 10 heteroatoms. The second kappa shape index (κ2) is 7.54. The van der Waals surface area contributed by atoms with E-state index in [0.29, 0.717) is 0 Å². The first kappa shape index (κ1) is 19.4. The van der Waals surface area contributed by atoms with Crippen molar-refractivity contribution >= 4 is 33.0 Å². The third-order valence-electron chi connectivity index (χ3n) is 3.25. The molecule has 1 N–H and O–H groups in total. The Kier molecular flexibility index (Phi) is 5.86. The lowest BCUT2D eigenvalue weighted by Gasteiger charge is -2.22. The minimum absolute atomic E-state index is 0.0534. The smallest absolute Gasteiger partial charge is 0.311 e. The number of hydrogen-bond donors (Lipinski definition) is 1. The summed E-state index contributed by atoms with van der Waals surface area (Å²) in [6.45, 7) is 0.978. The lowest BCUT2D eigenvalue weighted by Crippen LogP contribution is -2.37. The molecule has 0 radical (unpaired) electrons. The van der Waals surface area contributed by atoms with E-state index in [-0.39, 0.29) is 23.0 Å². The zero-order chi connectivity index (χ0) is 18.7. The summed E-state index contributed by atoms with van der Waals surface area (Å²) >= 11 is 1.04. The van der Waals surface area contributed by atoms with Crippen molar-refractivity contribution in [3.8, 4) is 0 Å². The standard InChI is InChI=1S/C15H15F3N2O3S2/c1-11(21)20(13-5-2-4-12(10-13)15(16,17)18)8-7-19-25(22,23)14-6-3-9-24-14/h2-6,9-10,19H,7-8H2,1H3. The van der Waals surface area contributed by atoms with Crippen molar-refractivity contribution in [1.29, 1.82) is 0 Å². The van der Waals surface area contributed by atoms with Crippen LogP contribution in [-0.4, -0.2) is 27.4 Å². The molecule has 0 spiro atoms. The largest absolute Gasteiger partial charge is 0.416 e. The molecule has 0 atom stereocenters. The first-order valence-electron chi connectivity index (χ1n) is 7.10. The van der Waals surface area contributed by atoms with E-state index >= 15 is 0 Å². The van der Waals surface area contributed by atoms with Crippen LogP contribution in [0.4, 0.5) is 18.9 Å². The van der Waals surface area contributed by atoms with Gasteiger partial charge in [0.05, 0.1) is 5.56 Å². The SMILES string of the molecule is CC(=O)N(CCNS(=O)(=O)c1cccs1)c1cccc(C(F)(F)F)c1. The molecule has 0 aliphatic carbocycles. The van der Waals surface area contributed by atoms with Crippen LogP contribution in [0.2, 0.25) is 0 Å². The van der Waals surface area contributed by atoms with Gasteiger partial charge in [-0.3, -0.25) is 4.79 Å². The van der Waals surface area contributed by atoms with E-state index in [1.807, 2.05) is 0 Å². The number of nitrogens with zero attached hydrogens (tertiary/aromatic N) is 1. The normalized spacial score (nSPS) is 12.2. The highest BCUT2D eigenvalue weighted by atomic mass is 32.2. The molecule has 1 heterocycles. The van der Waals surface area contributed by atoms with Crippen LogP contribution in [0.25, 0.3) is 0 Å². The van der Waals surface area contributed by atoms with E-state index in [0.717, 1.165) is 28.4 Å². The second-order valence-corrected chi connectivity index (χ2v) is 7.99. The molecule has 0 bridgehead atoms. The third kappa shape index (κ3) is 5.03. The first-order chi connectivity index (χ1) is 11.6. The predicted octanol–water partition coefficient (Wildman–Crippen LogP) is 3.10. The number of hydrogen-bond acceptors (Lipinski definition) is 4. The minimum atomic E-state index is -4.53. The highest BCUT2D eigenvalue weighted by molar-refractivity contribution is 7.91. The molecule has 0 saturated heterocycles. The fourth-order valence-electron chi connectivity index (χ4n) is 2.10. The van der Waals surface area contributed by atoms with Crippen LogP contribution in [0.1, 0.15) is 12.5 Å². The molecule has 0 aliphatic heterocycles. The molecule has 25 heavy (non-hydrogen) atoms. The van der Waals surface area contributed by atoms with E-state index in [9.17, 15) is 26.4 Å². The Labute approximate surface area is 147 Å². The molecule has 1 amide bonds. The molecule has 0 fully saturated rings. The molecule has 2 rings (SSSR count). The molecule has 5 nitrogen and oxygen atoms in total. The Balaban J connectivity index is 2.11. The maximum absolute atomic E-state index is 12.8. The molecule has 0 unspecified atom stereocenters. The van der Waals surface area contributed by atoms with Gasteiger partial charge in [0.2, 0.25) is 15.9 Å². The monoisotopic (exact) mass is 392 g/mol. The Morgan fingerprint density at radius 3 is 2.52 bits per heavy atom. The molecule has 136 valence electrons. The number of alkyl halides is 3. The molecule has 0 saturated carbocycles. The van der Waals surface area contributed by atoms with Gasteiger partial charge in [-0.25, -0.2) is 13.1 Å². The summed E-state index contributed by atoms with van der Waals surface area (Å²) in [6.07, 6.45) is -4.53. The lowest BCUT2D eigenvalue weighted by molar-refractivity contribution is -0.137. The summed E-state index contributed by atoms with van der Waals surface area (Å²) < 4.78 is 64.9. The number of rotatable bonds is 6. The number of thiophene rings is 1. The second-order valence-electron chi connectivity index (χ2n) is 5.05.